The van der Waals surface area contributed by atoms with E-state index in [1.54, 1.807) is 0 Å². The Morgan fingerprint density at radius 2 is 2.10 bits per heavy atom. The number of nitrogens with zero attached hydrogens (tertiary/aromatic N) is 1. The van der Waals surface area contributed by atoms with Crippen molar-refractivity contribution < 1.29 is 14.8 Å². The second-order valence-electron chi connectivity index (χ2n) is 7.87. The first-order valence-electron chi connectivity index (χ1n) is 10.6. The van der Waals surface area contributed by atoms with E-state index in [2.05, 4.69) is 29.6 Å². The van der Waals surface area contributed by atoms with E-state index in [0.717, 1.165) is 40.5 Å². The van der Waals surface area contributed by atoms with Crippen molar-refractivity contribution in [2.24, 2.45) is 5.92 Å². The number of nitrogens with two attached hydrogens (primary N) is 1. The minimum absolute atomic E-state index is 0.159. The zero-order valence-electron chi connectivity index (χ0n) is 16.9. The number of carbonyl (C=O) groups excluding carboxylic acids is 1. The number of hydrogen-bond acceptors (Lipinski definition) is 3. The molecule has 0 spiro atoms. The number of benzene rings is 1. The van der Waals surface area contributed by atoms with E-state index >= 15 is 0 Å². The third-order valence-electron chi connectivity index (χ3n) is 6.05. The van der Waals surface area contributed by atoms with Crippen molar-refractivity contribution in [3.05, 3.63) is 63.9 Å². The van der Waals surface area contributed by atoms with E-state index in [9.17, 15) is 4.79 Å². The van der Waals surface area contributed by atoms with Crippen molar-refractivity contribution in [1.29, 1.82) is 0 Å². The molecule has 1 aromatic carbocycles. The summed E-state index contributed by atoms with van der Waals surface area (Å²) in [4.78, 5) is 16.9. The molecule has 1 unspecified atom stereocenters. The average Bonchev–Trinajstić information content (AvgIpc) is 2.87. The molecule has 0 amide bonds. The van der Waals surface area contributed by atoms with Crippen LogP contribution in [0.25, 0.3) is 11.6 Å². The fourth-order valence-corrected chi connectivity index (χ4v) is 4.92. The first-order chi connectivity index (χ1) is 14.2. The monoisotopic (exact) mass is 411 g/mol. The van der Waals surface area contributed by atoms with Crippen molar-refractivity contribution in [3.8, 4) is 0 Å². The molecule has 4 rings (SSSR count). The van der Waals surface area contributed by atoms with Crippen molar-refractivity contribution in [3.63, 3.8) is 0 Å². The number of hydrogen-bond donors (Lipinski definition) is 1. The maximum absolute atomic E-state index is 12.0. The number of fused-ring (bicyclic) bond motifs is 2. The van der Waals surface area contributed by atoms with Gasteiger partial charge in [0, 0.05) is 36.4 Å². The molecule has 5 heteroatoms. The molecule has 1 fully saturated rings. The fraction of sp³-hybridized carbons (Fsp3) is 0.417. The Hall–Kier alpha value is -2.17. The van der Waals surface area contributed by atoms with Crippen molar-refractivity contribution in [2.45, 2.75) is 38.5 Å². The number of halogens is 1. The number of pyridine rings is 1. The second kappa shape index (κ2) is 9.10. The van der Waals surface area contributed by atoms with Crippen LogP contribution in [0, 0.1) is 5.92 Å². The highest BCUT2D eigenvalue weighted by Crippen LogP contribution is 2.44. The Morgan fingerprint density at radius 3 is 2.90 bits per heavy atom. The summed E-state index contributed by atoms with van der Waals surface area (Å²) in [5, 5.41) is 3.14. The normalized spacial score (nSPS) is 19.0. The smallest absolute Gasteiger partial charge is 0.306 e. The highest BCUT2D eigenvalue weighted by Gasteiger charge is 2.33. The summed E-state index contributed by atoms with van der Waals surface area (Å²) in [5.41, 5.74) is 5.87. The van der Waals surface area contributed by atoms with Gasteiger partial charge in [-0.25, -0.2) is 0 Å². The number of rotatable bonds is 5. The maximum atomic E-state index is 12.0. The molecular weight excluding hydrogens is 384 g/mol. The van der Waals surface area contributed by atoms with Crippen LogP contribution in [0.2, 0.25) is 5.02 Å². The average molecular weight is 412 g/mol. The minimum atomic E-state index is -0.159. The number of ether oxygens (including phenoxy) is 1. The molecule has 4 nitrogen and oxygen atoms in total. The fourth-order valence-electron chi connectivity index (χ4n) is 4.74. The van der Waals surface area contributed by atoms with Gasteiger partial charge >= 0.3 is 5.97 Å². The molecule has 1 aliphatic heterocycles. The Bertz CT molecular complexity index is 919. The van der Waals surface area contributed by atoms with Gasteiger partial charge in [-0.1, -0.05) is 29.8 Å². The molecule has 1 aromatic heterocycles. The standard InChI is InChI=1S/C24H27ClN2O2/c1-2-29-22(28)8-5-17-14-18-15-19(25)6-7-20(18)23(16-9-12-26-13-10-16)24-21(17)4-3-11-27-24/h3-4,6-7,11,14-16,23,26H,2,5,8-10,12-13H2,1H3/p+1. The van der Waals surface area contributed by atoms with Crippen molar-refractivity contribution >= 4 is 29.2 Å². The van der Waals surface area contributed by atoms with Crippen LogP contribution in [-0.2, 0) is 9.53 Å². The highest BCUT2D eigenvalue weighted by molar-refractivity contribution is 6.30. The molecule has 29 heavy (non-hydrogen) atoms. The third-order valence-corrected chi connectivity index (χ3v) is 6.29. The van der Waals surface area contributed by atoms with E-state index < -0.39 is 0 Å². The number of esters is 1. The number of allylic oxidation sites excluding steroid dienone is 1. The topological polar surface area (TPSA) is 55.8 Å². The van der Waals surface area contributed by atoms with Crippen LogP contribution in [0.5, 0.6) is 0 Å². The van der Waals surface area contributed by atoms with Crippen LogP contribution in [0.1, 0.15) is 60.9 Å². The first kappa shape index (κ1) is 20.1. The SMILES string of the molecule is CCOC(=O)CCC1=Cc2cc(Cl)ccc2C(C2CC[NH2+]CC2)c2ncccc21. The van der Waals surface area contributed by atoms with E-state index in [4.69, 9.17) is 21.3 Å². The van der Waals surface area contributed by atoms with Gasteiger partial charge in [0.1, 0.15) is 0 Å². The Morgan fingerprint density at radius 1 is 1.28 bits per heavy atom. The molecule has 2 heterocycles. The number of quaternary nitrogens is 1. The van der Waals surface area contributed by atoms with Crippen LogP contribution in [0.4, 0.5) is 0 Å². The van der Waals surface area contributed by atoms with Gasteiger partial charge < -0.3 is 10.1 Å². The molecule has 2 N–H and O–H groups in total. The molecule has 1 aliphatic carbocycles. The van der Waals surface area contributed by atoms with Crippen LogP contribution in [0.3, 0.4) is 0 Å². The van der Waals surface area contributed by atoms with Gasteiger partial charge in [-0.3, -0.25) is 9.78 Å². The lowest BCUT2D eigenvalue weighted by atomic mass is 9.76. The molecular formula is C24H28ClN2O2+. The summed E-state index contributed by atoms with van der Waals surface area (Å²) >= 11 is 6.37. The molecule has 0 saturated carbocycles. The predicted molar refractivity (Wildman–Crippen MR) is 116 cm³/mol. The zero-order chi connectivity index (χ0) is 20.2. The number of piperidine rings is 1. The molecule has 0 radical (unpaired) electrons. The maximum Gasteiger partial charge on any atom is 0.306 e. The summed E-state index contributed by atoms with van der Waals surface area (Å²) in [6, 6.07) is 10.3. The highest BCUT2D eigenvalue weighted by atomic mass is 35.5. The van der Waals surface area contributed by atoms with Crippen LogP contribution in [-0.4, -0.2) is 30.6 Å². The summed E-state index contributed by atoms with van der Waals surface area (Å²) in [5.74, 6) is 0.656. The molecule has 1 saturated heterocycles. The largest absolute Gasteiger partial charge is 0.466 e. The molecule has 1 atom stereocenters. The van der Waals surface area contributed by atoms with E-state index in [1.165, 1.54) is 18.4 Å². The van der Waals surface area contributed by atoms with Gasteiger partial charge in [0.2, 0.25) is 0 Å². The van der Waals surface area contributed by atoms with Gasteiger partial charge in [0.15, 0.2) is 0 Å². The lowest BCUT2D eigenvalue weighted by Gasteiger charge is -2.30. The van der Waals surface area contributed by atoms with Gasteiger partial charge in [0.25, 0.3) is 0 Å². The lowest BCUT2D eigenvalue weighted by molar-refractivity contribution is -0.665. The van der Waals surface area contributed by atoms with Crippen LogP contribution >= 0.6 is 11.6 Å². The Kier molecular flexibility index (Phi) is 6.31. The zero-order valence-corrected chi connectivity index (χ0v) is 17.6. The predicted octanol–water partition coefficient (Wildman–Crippen LogP) is 4.04. The third kappa shape index (κ3) is 4.39. The molecule has 2 aliphatic rings. The summed E-state index contributed by atoms with van der Waals surface area (Å²) in [6.07, 6.45) is 7.46. The van der Waals surface area contributed by atoms with Gasteiger partial charge in [-0.05, 0) is 59.7 Å². The second-order valence-corrected chi connectivity index (χ2v) is 8.30. The number of carbonyl (C=O) groups is 1. The lowest BCUT2D eigenvalue weighted by Crippen LogP contribution is -2.86. The summed E-state index contributed by atoms with van der Waals surface area (Å²) in [6.45, 7) is 4.58. The summed E-state index contributed by atoms with van der Waals surface area (Å²) < 4.78 is 5.15. The molecule has 152 valence electrons. The van der Waals surface area contributed by atoms with Crippen LogP contribution in [0.15, 0.2) is 36.5 Å². The van der Waals surface area contributed by atoms with Gasteiger partial charge in [-0.2, -0.15) is 0 Å². The molecule has 0 bridgehead atoms. The molecule has 2 aromatic rings. The Balaban J connectivity index is 1.79. The van der Waals surface area contributed by atoms with Crippen molar-refractivity contribution in [2.75, 3.05) is 19.7 Å². The van der Waals surface area contributed by atoms with Crippen molar-refractivity contribution in [1.82, 2.24) is 4.98 Å². The summed E-state index contributed by atoms with van der Waals surface area (Å²) in [7, 11) is 0. The van der Waals surface area contributed by atoms with Crippen LogP contribution < -0.4 is 5.32 Å². The van der Waals surface area contributed by atoms with E-state index in [-0.39, 0.29) is 11.9 Å². The van der Waals surface area contributed by atoms with Gasteiger partial charge in [-0.15, -0.1) is 0 Å². The van der Waals surface area contributed by atoms with Gasteiger partial charge in [0.05, 0.1) is 25.4 Å². The van der Waals surface area contributed by atoms with E-state index in [0.29, 0.717) is 25.4 Å². The quantitative estimate of drug-likeness (QED) is 0.755. The first-order valence-corrected chi connectivity index (χ1v) is 11.0. The minimum Gasteiger partial charge on any atom is -0.466 e. The Labute approximate surface area is 177 Å². The number of aromatic nitrogens is 1. The van der Waals surface area contributed by atoms with E-state index in [1.807, 2.05) is 25.3 Å².